The maximum absolute atomic E-state index is 12.0. The summed E-state index contributed by atoms with van der Waals surface area (Å²) < 4.78 is 5.92. The fourth-order valence-corrected chi connectivity index (χ4v) is 3.73. The second-order valence-corrected chi connectivity index (χ2v) is 6.73. The van der Waals surface area contributed by atoms with Crippen LogP contribution in [0.25, 0.3) is 0 Å². The van der Waals surface area contributed by atoms with Gasteiger partial charge in [0.05, 0.1) is 0 Å². The first-order valence-electron chi connectivity index (χ1n) is 5.99. The first kappa shape index (κ1) is 14.9. The molecule has 4 heteroatoms. The molecule has 1 aromatic rings. The van der Waals surface area contributed by atoms with Gasteiger partial charge in [-0.1, -0.05) is 0 Å². The Bertz CT molecular complexity index is 401. The van der Waals surface area contributed by atoms with Crippen LogP contribution < -0.4 is 4.46 Å². The van der Waals surface area contributed by atoms with Crippen LogP contribution in [0.3, 0.4) is 0 Å². The van der Waals surface area contributed by atoms with Gasteiger partial charge in [-0.05, 0) is 0 Å². The van der Waals surface area contributed by atoms with Crippen molar-refractivity contribution < 1.29 is 14.3 Å². The fourth-order valence-electron chi connectivity index (χ4n) is 1.46. The van der Waals surface area contributed by atoms with E-state index in [0.717, 1.165) is 4.46 Å². The zero-order chi connectivity index (χ0) is 13.5. The molecule has 0 N–H and O–H groups in total. The molecule has 0 saturated carbocycles. The predicted molar refractivity (Wildman–Crippen MR) is 72.1 cm³/mol. The molecule has 0 saturated heterocycles. The molecule has 1 unspecified atom stereocenters. The second-order valence-electron chi connectivity index (χ2n) is 4.18. The quantitative estimate of drug-likeness (QED) is 0.455. The standard InChI is InChI=1S/C14H18O3Se/c1-4-17-14(16)12(15)13(10(2)3)18-11-8-6-5-7-9-11/h5-10,13H,4H2,1-3H3. The molecule has 98 valence electrons. The van der Waals surface area contributed by atoms with E-state index in [1.165, 1.54) is 0 Å². The molecular weight excluding hydrogens is 295 g/mol. The number of carbonyl (C=O) groups is 2. The van der Waals surface area contributed by atoms with E-state index in [-0.39, 0.29) is 32.3 Å². The summed E-state index contributed by atoms with van der Waals surface area (Å²) in [5.74, 6) is -0.952. The first-order chi connectivity index (χ1) is 8.56. The molecule has 0 amide bonds. The first-order valence-corrected chi connectivity index (χ1v) is 7.83. The topological polar surface area (TPSA) is 43.4 Å². The Morgan fingerprint density at radius 3 is 2.33 bits per heavy atom. The summed E-state index contributed by atoms with van der Waals surface area (Å²) in [7, 11) is 0. The Morgan fingerprint density at radius 2 is 1.83 bits per heavy atom. The van der Waals surface area contributed by atoms with Crippen LogP contribution in [0.1, 0.15) is 20.8 Å². The SMILES string of the molecule is CCOC(=O)C(=O)C([Se]c1ccccc1)C(C)C. The van der Waals surface area contributed by atoms with Gasteiger partial charge >= 0.3 is 114 Å². The van der Waals surface area contributed by atoms with Crippen LogP contribution >= 0.6 is 0 Å². The molecule has 0 spiro atoms. The van der Waals surface area contributed by atoms with Gasteiger partial charge in [-0.3, -0.25) is 0 Å². The number of hydrogen-bond acceptors (Lipinski definition) is 3. The van der Waals surface area contributed by atoms with E-state index in [0.29, 0.717) is 0 Å². The molecular formula is C14H18O3Se. The number of carbonyl (C=O) groups excluding carboxylic acids is 2. The number of ether oxygens (including phenoxy) is 1. The normalized spacial score (nSPS) is 12.2. The van der Waals surface area contributed by atoms with Crippen LogP contribution in [-0.4, -0.2) is 33.3 Å². The maximum atomic E-state index is 12.0. The Hall–Kier alpha value is -1.12. The van der Waals surface area contributed by atoms with E-state index in [2.05, 4.69) is 0 Å². The van der Waals surface area contributed by atoms with Crippen molar-refractivity contribution >= 4 is 31.2 Å². The van der Waals surface area contributed by atoms with Crippen LogP contribution in [0.5, 0.6) is 0 Å². The van der Waals surface area contributed by atoms with Crippen LogP contribution in [0, 0.1) is 5.92 Å². The average molecular weight is 313 g/mol. The number of benzene rings is 1. The van der Waals surface area contributed by atoms with E-state index in [4.69, 9.17) is 4.74 Å². The third kappa shape index (κ3) is 4.28. The number of hydrogen-bond donors (Lipinski definition) is 0. The molecule has 0 bridgehead atoms. The molecule has 1 aromatic carbocycles. The Labute approximate surface area is 114 Å². The monoisotopic (exact) mass is 314 g/mol. The van der Waals surface area contributed by atoms with Crippen LogP contribution in [0.4, 0.5) is 0 Å². The van der Waals surface area contributed by atoms with E-state index in [9.17, 15) is 9.59 Å². The molecule has 0 heterocycles. The minimum absolute atomic E-state index is 0.0424. The molecule has 1 atom stereocenters. The van der Waals surface area contributed by atoms with Crippen molar-refractivity contribution in [1.29, 1.82) is 0 Å². The van der Waals surface area contributed by atoms with Crippen molar-refractivity contribution in [3.05, 3.63) is 30.3 Å². The Balaban J connectivity index is 2.77. The summed E-state index contributed by atoms with van der Waals surface area (Å²) in [6.45, 7) is 5.88. The summed E-state index contributed by atoms with van der Waals surface area (Å²) in [6.07, 6.45) is 0. The van der Waals surface area contributed by atoms with Crippen LogP contribution in [0.2, 0.25) is 4.82 Å². The molecule has 0 aliphatic carbocycles. The number of esters is 1. The molecule has 0 aliphatic rings. The predicted octanol–water partition coefficient (Wildman–Crippen LogP) is 1.59. The fraction of sp³-hybridized carbons (Fsp3) is 0.429. The van der Waals surface area contributed by atoms with Crippen molar-refractivity contribution in [2.24, 2.45) is 5.92 Å². The number of rotatable bonds is 6. The van der Waals surface area contributed by atoms with Gasteiger partial charge in [-0.25, -0.2) is 0 Å². The van der Waals surface area contributed by atoms with Gasteiger partial charge in [0.25, 0.3) is 0 Å². The summed E-state index contributed by atoms with van der Waals surface area (Å²) >= 11 is -0.0424. The molecule has 0 fully saturated rings. The molecule has 0 radical (unpaired) electrons. The summed E-state index contributed by atoms with van der Waals surface area (Å²) in [4.78, 5) is 23.3. The van der Waals surface area contributed by atoms with Crippen molar-refractivity contribution in [1.82, 2.24) is 0 Å². The summed E-state index contributed by atoms with van der Waals surface area (Å²) in [5, 5.41) is 0. The van der Waals surface area contributed by atoms with Crippen molar-refractivity contribution in [2.45, 2.75) is 25.6 Å². The average Bonchev–Trinajstić information content (AvgIpc) is 2.36. The van der Waals surface area contributed by atoms with E-state index in [1.807, 2.05) is 44.2 Å². The van der Waals surface area contributed by atoms with Gasteiger partial charge in [0.2, 0.25) is 0 Å². The van der Waals surface area contributed by atoms with Gasteiger partial charge in [0, 0.05) is 0 Å². The number of ketones is 1. The van der Waals surface area contributed by atoms with Crippen LogP contribution in [0.15, 0.2) is 30.3 Å². The Kier molecular flexibility index (Phi) is 6.10. The molecule has 0 aliphatic heterocycles. The van der Waals surface area contributed by atoms with Crippen LogP contribution in [-0.2, 0) is 14.3 Å². The number of Topliss-reactive ketones (excluding diaryl/α,β-unsaturated/α-hetero) is 1. The minimum atomic E-state index is -0.700. The van der Waals surface area contributed by atoms with E-state index in [1.54, 1.807) is 6.92 Å². The van der Waals surface area contributed by atoms with Gasteiger partial charge in [-0.2, -0.15) is 0 Å². The van der Waals surface area contributed by atoms with Gasteiger partial charge < -0.3 is 0 Å². The van der Waals surface area contributed by atoms with Crippen molar-refractivity contribution in [2.75, 3.05) is 6.61 Å². The third-order valence-corrected chi connectivity index (χ3v) is 5.61. The zero-order valence-corrected chi connectivity index (χ0v) is 12.6. The summed E-state index contributed by atoms with van der Waals surface area (Å²) in [6, 6.07) is 9.82. The zero-order valence-electron chi connectivity index (χ0n) is 10.9. The third-order valence-electron chi connectivity index (χ3n) is 2.35. The molecule has 1 rings (SSSR count). The van der Waals surface area contributed by atoms with Gasteiger partial charge in [-0.15, -0.1) is 0 Å². The molecule has 3 nitrogen and oxygen atoms in total. The second kappa shape index (κ2) is 7.34. The van der Waals surface area contributed by atoms with Gasteiger partial charge in [0.1, 0.15) is 0 Å². The Morgan fingerprint density at radius 1 is 1.22 bits per heavy atom. The van der Waals surface area contributed by atoms with Crippen molar-refractivity contribution in [3.63, 3.8) is 0 Å². The van der Waals surface area contributed by atoms with E-state index < -0.39 is 11.8 Å². The van der Waals surface area contributed by atoms with Crippen molar-refractivity contribution in [3.8, 4) is 0 Å². The van der Waals surface area contributed by atoms with E-state index >= 15 is 0 Å². The summed E-state index contributed by atoms with van der Waals surface area (Å²) in [5.41, 5.74) is 0. The molecule has 0 aromatic heterocycles. The molecule has 18 heavy (non-hydrogen) atoms. The van der Waals surface area contributed by atoms with Gasteiger partial charge in [0.15, 0.2) is 0 Å².